The van der Waals surface area contributed by atoms with E-state index in [0.29, 0.717) is 12.0 Å². The van der Waals surface area contributed by atoms with Gasteiger partial charge >= 0.3 is 0 Å². The fourth-order valence-electron chi connectivity index (χ4n) is 1.05. The molecular weight excluding hydrogens is 124 g/mol. The van der Waals surface area contributed by atoms with Crippen molar-refractivity contribution in [3.8, 4) is 0 Å². The van der Waals surface area contributed by atoms with Crippen molar-refractivity contribution in [3.05, 3.63) is 0 Å². The molecule has 0 radical (unpaired) electrons. The molecule has 1 saturated carbocycles. The van der Waals surface area contributed by atoms with E-state index in [4.69, 9.17) is 4.74 Å². The lowest BCUT2D eigenvalue weighted by Crippen LogP contribution is -2.14. The predicted molar refractivity (Wildman–Crippen MR) is 43.0 cm³/mol. The summed E-state index contributed by atoms with van der Waals surface area (Å²) in [6, 6.07) is 0. The summed E-state index contributed by atoms with van der Waals surface area (Å²) in [6.07, 6.45) is 3.29. The van der Waals surface area contributed by atoms with Crippen LogP contribution in [0, 0.1) is 11.8 Å². The van der Waals surface area contributed by atoms with Crippen molar-refractivity contribution >= 4 is 0 Å². The lowest BCUT2D eigenvalue weighted by molar-refractivity contribution is 0.0342. The summed E-state index contributed by atoms with van der Waals surface area (Å²) >= 11 is 0. The summed E-state index contributed by atoms with van der Waals surface area (Å²) in [4.78, 5) is 0. The molecule has 10 heavy (non-hydrogen) atoms. The van der Waals surface area contributed by atoms with E-state index in [0.717, 1.165) is 12.5 Å². The maximum Gasteiger partial charge on any atom is 0.0575 e. The summed E-state index contributed by atoms with van der Waals surface area (Å²) in [5.74, 6) is 1.57. The van der Waals surface area contributed by atoms with Crippen LogP contribution in [0.2, 0.25) is 0 Å². The van der Waals surface area contributed by atoms with Crippen LogP contribution >= 0.6 is 0 Å². The molecule has 0 aromatic carbocycles. The first-order valence-corrected chi connectivity index (χ1v) is 4.31. The van der Waals surface area contributed by atoms with E-state index < -0.39 is 0 Å². The van der Waals surface area contributed by atoms with Gasteiger partial charge < -0.3 is 4.74 Å². The Kier molecular flexibility index (Phi) is 2.72. The Balaban J connectivity index is 2.00. The lowest BCUT2D eigenvalue weighted by atomic mass is 10.2. The second-order valence-electron chi connectivity index (χ2n) is 3.77. The molecule has 0 saturated heterocycles. The molecule has 1 atom stereocenters. The Bertz CT molecular complexity index is 94.9. The Labute approximate surface area is 63.8 Å². The Morgan fingerprint density at radius 2 is 1.90 bits per heavy atom. The van der Waals surface area contributed by atoms with Gasteiger partial charge in [-0.1, -0.05) is 13.8 Å². The molecule has 0 unspecified atom stereocenters. The molecule has 1 nitrogen and oxygen atoms in total. The summed E-state index contributed by atoms with van der Waals surface area (Å²) in [5, 5.41) is 0. The zero-order chi connectivity index (χ0) is 7.56. The SMILES string of the molecule is CC(C)CO[C@H](C)C1CC1. The molecule has 0 bridgehead atoms. The molecule has 1 rings (SSSR count). The van der Waals surface area contributed by atoms with Gasteiger partial charge in [-0.3, -0.25) is 0 Å². The molecule has 1 aliphatic carbocycles. The van der Waals surface area contributed by atoms with Crippen molar-refractivity contribution in [1.29, 1.82) is 0 Å². The van der Waals surface area contributed by atoms with Crippen LogP contribution in [0.15, 0.2) is 0 Å². The molecule has 0 amide bonds. The van der Waals surface area contributed by atoms with E-state index in [2.05, 4.69) is 20.8 Å². The second-order valence-corrected chi connectivity index (χ2v) is 3.77. The first-order valence-electron chi connectivity index (χ1n) is 4.31. The largest absolute Gasteiger partial charge is 0.378 e. The molecule has 1 aliphatic rings. The molecule has 0 spiro atoms. The zero-order valence-corrected chi connectivity index (χ0v) is 7.26. The van der Waals surface area contributed by atoms with Crippen LogP contribution in [0.1, 0.15) is 33.6 Å². The van der Waals surface area contributed by atoms with E-state index in [1.807, 2.05) is 0 Å². The van der Waals surface area contributed by atoms with Crippen molar-refractivity contribution in [1.82, 2.24) is 0 Å². The average molecular weight is 142 g/mol. The molecular formula is C9H18O. The monoisotopic (exact) mass is 142 g/mol. The smallest absolute Gasteiger partial charge is 0.0575 e. The highest BCUT2D eigenvalue weighted by Gasteiger charge is 2.28. The molecule has 1 heteroatoms. The lowest BCUT2D eigenvalue weighted by Gasteiger charge is -2.13. The third-order valence-electron chi connectivity index (χ3n) is 1.98. The van der Waals surface area contributed by atoms with Crippen molar-refractivity contribution in [2.75, 3.05) is 6.61 Å². The van der Waals surface area contributed by atoms with Gasteiger partial charge in [-0.2, -0.15) is 0 Å². The summed E-state index contributed by atoms with van der Waals surface area (Å²) < 4.78 is 5.63. The average Bonchev–Trinajstić information content (AvgIpc) is 2.63. The van der Waals surface area contributed by atoms with E-state index in [9.17, 15) is 0 Å². The van der Waals surface area contributed by atoms with Gasteiger partial charge in [-0.15, -0.1) is 0 Å². The minimum absolute atomic E-state index is 0.516. The van der Waals surface area contributed by atoms with Gasteiger partial charge in [-0.05, 0) is 31.6 Å². The van der Waals surface area contributed by atoms with Crippen molar-refractivity contribution in [3.63, 3.8) is 0 Å². The minimum atomic E-state index is 0.516. The van der Waals surface area contributed by atoms with E-state index >= 15 is 0 Å². The van der Waals surface area contributed by atoms with Crippen LogP contribution in [0.25, 0.3) is 0 Å². The highest BCUT2D eigenvalue weighted by Crippen LogP contribution is 2.34. The van der Waals surface area contributed by atoms with E-state index in [1.54, 1.807) is 0 Å². The maximum absolute atomic E-state index is 5.63. The number of rotatable bonds is 4. The molecule has 0 aromatic heterocycles. The van der Waals surface area contributed by atoms with Crippen LogP contribution in [-0.4, -0.2) is 12.7 Å². The van der Waals surface area contributed by atoms with Crippen LogP contribution in [0.4, 0.5) is 0 Å². The third kappa shape index (κ3) is 2.70. The molecule has 0 N–H and O–H groups in total. The van der Waals surface area contributed by atoms with Gasteiger partial charge in [0.15, 0.2) is 0 Å². The molecule has 0 aliphatic heterocycles. The predicted octanol–water partition coefficient (Wildman–Crippen LogP) is 2.46. The fraction of sp³-hybridized carbons (Fsp3) is 1.00. The van der Waals surface area contributed by atoms with Gasteiger partial charge in [-0.25, -0.2) is 0 Å². The van der Waals surface area contributed by atoms with Gasteiger partial charge in [0.2, 0.25) is 0 Å². The standard InChI is InChI=1S/C9H18O/c1-7(2)6-10-8(3)9-4-5-9/h7-9H,4-6H2,1-3H3/t8-/m1/s1. The van der Waals surface area contributed by atoms with Crippen molar-refractivity contribution in [2.45, 2.75) is 39.7 Å². The highest BCUT2D eigenvalue weighted by molar-refractivity contribution is 4.78. The number of hydrogen-bond donors (Lipinski definition) is 0. The second kappa shape index (κ2) is 3.38. The normalized spacial score (nSPS) is 21.6. The summed E-state index contributed by atoms with van der Waals surface area (Å²) in [5.41, 5.74) is 0. The molecule has 1 fully saturated rings. The van der Waals surface area contributed by atoms with Crippen LogP contribution in [-0.2, 0) is 4.74 Å². The zero-order valence-electron chi connectivity index (χ0n) is 7.26. The maximum atomic E-state index is 5.63. The van der Waals surface area contributed by atoms with E-state index in [1.165, 1.54) is 12.8 Å². The van der Waals surface area contributed by atoms with Gasteiger partial charge in [0, 0.05) is 6.61 Å². The van der Waals surface area contributed by atoms with Crippen molar-refractivity contribution < 1.29 is 4.74 Å². The highest BCUT2D eigenvalue weighted by atomic mass is 16.5. The first kappa shape index (κ1) is 8.06. The topological polar surface area (TPSA) is 9.23 Å². The van der Waals surface area contributed by atoms with Gasteiger partial charge in [0.05, 0.1) is 6.10 Å². The van der Waals surface area contributed by atoms with Crippen LogP contribution in [0.5, 0.6) is 0 Å². The molecule has 0 aromatic rings. The summed E-state index contributed by atoms with van der Waals surface area (Å²) in [7, 11) is 0. The van der Waals surface area contributed by atoms with E-state index in [-0.39, 0.29) is 0 Å². The first-order chi connectivity index (χ1) is 4.70. The van der Waals surface area contributed by atoms with Crippen LogP contribution in [0.3, 0.4) is 0 Å². The van der Waals surface area contributed by atoms with Crippen molar-refractivity contribution in [2.24, 2.45) is 11.8 Å². The van der Waals surface area contributed by atoms with Gasteiger partial charge in [0.1, 0.15) is 0 Å². The number of hydrogen-bond acceptors (Lipinski definition) is 1. The molecule has 60 valence electrons. The number of ether oxygens (including phenoxy) is 1. The van der Waals surface area contributed by atoms with Gasteiger partial charge in [0.25, 0.3) is 0 Å². The fourth-order valence-corrected chi connectivity index (χ4v) is 1.05. The summed E-state index contributed by atoms with van der Waals surface area (Å²) in [6.45, 7) is 7.51. The van der Waals surface area contributed by atoms with Crippen LogP contribution < -0.4 is 0 Å². The Morgan fingerprint density at radius 1 is 1.30 bits per heavy atom. The quantitative estimate of drug-likeness (QED) is 0.586. The Morgan fingerprint density at radius 3 is 2.30 bits per heavy atom. The third-order valence-corrected chi connectivity index (χ3v) is 1.98. The Hall–Kier alpha value is -0.0400. The molecule has 0 heterocycles. The minimum Gasteiger partial charge on any atom is -0.378 e.